The molecule has 0 aliphatic carbocycles. The second kappa shape index (κ2) is 3.75. The summed E-state index contributed by atoms with van der Waals surface area (Å²) in [4.78, 5) is 8.01. The number of rotatable bonds is 3. The molecule has 1 aromatic heterocycles. The summed E-state index contributed by atoms with van der Waals surface area (Å²) in [5.74, 6) is 1.27. The molecule has 0 fully saturated rings. The summed E-state index contributed by atoms with van der Waals surface area (Å²) in [6.45, 7) is 2.84. The summed E-state index contributed by atoms with van der Waals surface area (Å²) in [7, 11) is 1.57. The van der Waals surface area contributed by atoms with Crippen molar-refractivity contribution in [3.63, 3.8) is 0 Å². The minimum Gasteiger partial charge on any atom is -0.480 e. The molecule has 1 rings (SSSR count). The summed E-state index contributed by atoms with van der Waals surface area (Å²) in [5.41, 5.74) is 0. The molecule has 1 heterocycles. The number of hydrogen-bond donors (Lipinski definition) is 1. The Labute approximate surface area is 65.6 Å². The number of nitrogens with one attached hydrogen (secondary N) is 1. The van der Waals surface area contributed by atoms with Crippen LogP contribution in [0.15, 0.2) is 12.4 Å². The fourth-order valence-electron chi connectivity index (χ4n) is 0.713. The van der Waals surface area contributed by atoms with Crippen LogP contribution in [0, 0.1) is 0 Å². The van der Waals surface area contributed by atoms with Gasteiger partial charge in [-0.25, -0.2) is 0 Å². The first-order valence-corrected chi connectivity index (χ1v) is 3.46. The lowest BCUT2D eigenvalue weighted by atomic mass is 10.6. The predicted molar refractivity (Wildman–Crippen MR) is 42.7 cm³/mol. The minimum atomic E-state index is 0.531. The molecule has 0 aliphatic heterocycles. The van der Waals surface area contributed by atoms with Crippen molar-refractivity contribution in [2.45, 2.75) is 6.92 Å². The van der Waals surface area contributed by atoms with Crippen LogP contribution in [0.1, 0.15) is 6.92 Å². The van der Waals surface area contributed by atoms with Crippen molar-refractivity contribution in [2.75, 3.05) is 19.0 Å². The maximum absolute atomic E-state index is 4.89. The number of methoxy groups -OCH3 is 1. The topological polar surface area (TPSA) is 47.0 Å². The van der Waals surface area contributed by atoms with E-state index < -0.39 is 0 Å². The highest BCUT2D eigenvalue weighted by Crippen LogP contribution is 2.06. The van der Waals surface area contributed by atoms with E-state index in [2.05, 4.69) is 15.3 Å². The van der Waals surface area contributed by atoms with E-state index >= 15 is 0 Å². The molecule has 60 valence electrons. The Morgan fingerprint density at radius 1 is 1.55 bits per heavy atom. The second-order valence-electron chi connectivity index (χ2n) is 1.98. The van der Waals surface area contributed by atoms with Gasteiger partial charge in [0.05, 0.1) is 19.5 Å². The lowest BCUT2D eigenvalue weighted by molar-refractivity contribution is 0.396. The molecule has 0 aromatic carbocycles. The Balaban J connectivity index is 2.74. The van der Waals surface area contributed by atoms with E-state index in [1.54, 1.807) is 19.5 Å². The third-order valence-electron chi connectivity index (χ3n) is 1.18. The number of anilines is 1. The highest BCUT2D eigenvalue weighted by Gasteiger charge is 1.94. The van der Waals surface area contributed by atoms with E-state index in [4.69, 9.17) is 4.74 Å². The lowest BCUT2D eigenvalue weighted by Crippen LogP contribution is -2.00. The zero-order chi connectivity index (χ0) is 8.10. The number of nitrogens with zero attached hydrogens (tertiary/aromatic N) is 2. The van der Waals surface area contributed by atoms with Crippen LogP contribution in [-0.4, -0.2) is 23.6 Å². The van der Waals surface area contributed by atoms with Gasteiger partial charge >= 0.3 is 0 Å². The van der Waals surface area contributed by atoms with E-state index in [0.29, 0.717) is 5.88 Å². The largest absolute Gasteiger partial charge is 0.480 e. The molecule has 0 spiro atoms. The third-order valence-corrected chi connectivity index (χ3v) is 1.18. The fourth-order valence-corrected chi connectivity index (χ4v) is 0.713. The molecule has 1 aromatic rings. The van der Waals surface area contributed by atoms with Crippen LogP contribution in [0.4, 0.5) is 5.82 Å². The van der Waals surface area contributed by atoms with Gasteiger partial charge < -0.3 is 10.1 Å². The van der Waals surface area contributed by atoms with Crippen LogP contribution in [0.25, 0.3) is 0 Å². The van der Waals surface area contributed by atoms with Gasteiger partial charge in [0, 0.05) is 6.54 Å². The first-order chi connectivity index (χ1) is 5.36. The van der Waals surface area contributed by atoms with Gasteiger partial charge in [0.1, 0.15) is 5.82 Å². The molecule has 0 atom stereocenters. The van der Waals surface area contributed by atoms with E-state index in [1.807, 2.05) is 6.92 Å². The molecule has 11 heavy (non-hydrogen) atoms. The van der Waals surface area contributed by atoms with Crippen molar-refractivity contribution in [2.24, 2.45) is 0 Å². The van der Waals surface area contributed by atoms with Gasteiger partial charge in [-0.2, -0.15) is 4.98 Å². The Bertz CT molecular complexity index is 227. The normalized spacial score (nSPS) is 9.27. The van der Waals surface area contributed by atoms with Crippen LogP contribution in [0.5, 0.6) is 5.88 Å². The summed E-state index contributed by atoms with van der Waals surface area (Å²) < 4.78 is 4.89. The van der Waals surface area contributed by atoms with Gasteiger partial charge in [-0.3, -0.25) is 4.98 Å². The van der Waals surface area contributed by atoms with Gasteiger partial charge in [-0.05, 0) is 6.92 Å². The molecule has 0 bridgehead atoms. The lowest BCUT2D eigenvalue weighted by Gasteiger charge is -2.02. The van der Waals surface area contributed by atoms with Crippen LogP contribution in [0.3, 0.4) is 0 Å². The van der Waals surface area contributed by atoms with Gasteiger partial charge in [-0.1, -0.05) is 0 Å². The van der Waals surface area contributed by atoms with E-state index in [0.717, 1.165) is 12.4 Å². The summed E-state index contributed by atoms with van der Waals surface area (Å²) in [6, 6.07) is 0. The quantitative estimate of drug-likeness (QED) is 0.701. The Kier molecular flexibility index (Phi) is 2.66. The average molecular weight is 153 g/mol. The van der Waals surface area contributed by atoms with Crippen molar-refractivity contribution in [3.8, 4) is 5.88 Å². The van der Waals surface area contributed by atoms with Crippen molar-refractivity contribution < 1.29 is 4.74 Å². The summed E-state index contributed by atoms with van der Waals surface area (Å²) in [6.07, 6.45) is 3.23. The van der Waals surface area contributed by atoms with Gasteiger partial charge in [-0.15, -0.1) is 0 Å². The molecule has 0 saturated heterocycles. The first-order valence-electron chi connectivity index (χ1n) is 3.46. The fraction of sp³-hybridized carbons (Fsp3) is 0.429. The molecule has 0 saturated carbocycles. The third kappa shape index (κ3) is 2.07. The maximum atomic E-state index is 4.89. The zero-order valence-electron chi connectivity index (χ0n) is 6.66. The van der Waals surface area contributed by atoms with Crippen LogP contribution >= 0.6 is 0 Å². The summed E-state index contributed by atoms with van der Waals surface area (Å²) >= 11 is 0. The van der Waals surface area contributed by atoms with Gasteiger partial charge in [0.2, 0.25) is 5.88 Å². The molecule has 0 amide bonds. The Morgan fingerprint density at radius 3 is 3.00 bits per heavy atom. The van der Waals surface area contributed by atoms with Crippen molar-refractivity contribution in [1.82, 2.24) is 9.97 Å². The predicted octanol–water partition coefficient (Wildman–Crippen LogP) is 0.917. The monoisotopic (exact) mass is 153 g/mol. The number of hydrogen-bond acceptors (Lipinski definition) is 4. The number of aromatic nitrogens is 2. The first kappa shape index (κ1) is 7.78. The van der Waals surface area contributed by atoms with Crippen molar-refractivity contribution in [1.29, 1.82) is 0 Å². The minimum absolute atomic E-state index is 0.531. The molecule has 0 unspecified atom stereocenters. The number of ether oxygens (including phenoxy) is 1. The molecule has 0 radical (unpaired) electrons. The highest BCUT2D eigenvalue weighted by molar-refractivity contribution is 5.32. The highest BCUT2D eigenvalue weighted by atomic mass is 16.5. The molecular formula is C7H11N3O. The molecule has 0 aliphatic rings. The Hall–Kier alpha value is -1.32. The van der Waals surface area contributed by atoms with Crippen LogP contribution in [-0.2, 0) is 0 Å². The summed E-state index contributed by atoms with van der Waals surface area (Å²) in [5, 5.41) is 3.03. The molecule has 1 N–H and O–H groups in total. The van der Waals surface area contributed by atoms with Crippen LogP contribution < -0.4 is 10.1 Å². The van der Waals surface area contributed by atoms with Crippen molar-refractivity contribution in [3.05, 3.63) is 12.4 Å². The molecular weight excluding hydrogens is 142 g/mol. The van der Waals surface area contributed by atoms with Gasteiger partial charge in [0.25, 0.3) is 0 Å². The maximum Gasteiger partial charge on any atom is 0.233 e. The average Bonchev–Trinajstić information content (AvgIpc) is 2.06. The van der Waals surface area contributed by atoms with Gasteiger partial charge in [0.15, 0.2) is 0 Å². The second-order valence-corrected chi connectivity index (χ2v) is 1.98. The van der Waals surface area contributed by atoms with Crippen LogP contribution in [0.2, 0.25) is 0 Å². The zero-order valence-corrected chi connectivity index (χ0v) is 6.66. The van der Waals surface area contributed by atoms with E-state index in [9.17, 15) is 0 Å². The van der Waals surface area contributed by atoms with E-state index in [-0.39, 0.29) is 0 Å². The van der Waals surface area contributed by atoms with E-state index in [1.165, 1.54) is 0 Å². The Morgan fingerprint density at radius 2 is 2.36 bits per heavy atom. The smallest absolute Gasteiger partial charge is 0.233 e. The SMILES string of the molecule is CCNc1cncc(OC)n1. The van der Waals surface area contributed by atoms with Crippen molar-refractivity contribution >= 4 is 5.82 Å². The molecule has 4 heteroatoms. The molecule has 4 nitrogen and oxygen atoms in total. The standard InChI is InChI=1S/C7H11N3O/c1-3-9-6-4-8-5-7(10-6)11-2/h4-5H,3H2,1-2H3,(H,9,10).